The first-order chi connectivity index (χ1) is 7.27. The van der Waals surface area contributed by atoms with E-state index in [-0.39, 0.29) is 36.6 Å². The second kappa shape index (κ2) is 7.48. The van der Waals surface area contributed by atoms with Crippen LogP contribution in [0, 0.1) is 11.8 Å². The molecule has 1 aromatic rings. The first-order valence-electron chi connectivity index (χ1n) is 5.19. The zero-order chi connectivity index (χ0) is 10.7. The summed E-state index contributed by atoms with van der Waals surface area (Å²) in [6.45, 7) is 3.87. The Kier molecular flexibility index (Phi) is 7.11. The summed E-state index contributed by atoms with van der Waals surface area (Å²) in [7, 11) is 0. The highest BCUT2D eigenvalue weighted by Gasteiger charge is 2.28. The first-order valence-corrected chi connectivity index (χ1v) is 5.19. The number of amides is 1. The second-order valence-electron chi connectivity index (χ2n) is 3.93. The number of aromatic nitrogens is 1. The van der Waals surface area contributed by atoms with Gasteiger partial charge in [-0.2, -0.15) is 0 Å². The molecule has 0 saturated carbocycles. The summed E-state index contributed by atoms with van der Waals surface area (Å²) >= 11 is 0. The maximum absolute atomic E-state index is 11.8. The Labute approximate surface area is 113 Å². The fourth-order valence-corrected chi connectivity index (χ4v) is 1.57. The summed E-state index contributed by atoms with van der Waals surface area (Å²) in [6, 6.07) is 3.59. The van der Waals surface area contributed by atoms with Gasteiger partial charge in [0.1, 0.15) is 0 Å². The zero-order valence-corrected chi connectivity index (χ0v) is 11.2. The van der Waals surface area contributed by atoms with Gasteiger partial charge in [0.05, 0.1) is 0 Å². The van der Waals surface area contributed by atoms with E-state index in [2.05, 4.69) is 15.6 Å². The number of halogens is 2. The van der Waals surface area contributed by atoms with Gasteiger partial charge in [0, 0.05) is 24.0 Å². The molecule has 0 radical (unpaired) electrons. The van der Waals surface area contributed by atoms with E-state index < -0.39 is 0 Å². The molecular formula is C11H17Cl2N3O. The molecule has 1 atom stereocenters. The van der Waals surface area contributed by atoms with Crippen LogP contribution in [0.5, 0.6) is 0 Å². The van der Waals surface area contributed by atoms with Gasteiger partial charge in [0.25, 0.3) is 0 Å². The van der Waals surface area contributed by atoms with Crippen molar-refractivity contribution in [1.29, 1.82) is 0 Å². The monoisotopic (exact) mass is 277 g/mol. The molecule has 1 aliphatic rings. The van der Waals surface area contributed by atoms with Gasteiger partial charge in [-0.3, -0.25) is 9.78 Å². The third-order valence-electron chi connectivity index (χ3n) is 2.88. The molecule has 1 aliphatic heterocycles. The standard InChI is InChI=1S/C11H15N3O.2ClH/c1-8(9-6-13-7-9)11(15)14-10-2-4-12-5-3-10;;/h2-5,8-9,13H,6-7H2,1H3,(H,12,14,15);2*1H. The van der Waals surface area contributed by atoms with Crippen LogP contribution in [-0.4, -0.2) is 24.0 Å². The fraction of sp³-hybridized carbons (Fsp3) is 0.455. The average molecular weight is 278 g/mol. The van der Waals surface area contributed by atoms with Gasteiger partial charge in [-0.05, 0) is 31.1 Å². The molecule has 4 nitrogen and oxygen atoms in total. The summed E-state index contributed by atoms with van der Waals surface area (Å²) in [6.07, 6.45) is 3.34. The van der Waals surface area contributed by atoms with E-state index in [1.54, 1.807) is 24.5 Å². The molecule has 0 spiro atoms. The number of nitrogens with zero attached hydrogens (tertiary/aromatic N) is 1. The van der Waals surface area contributed by atoms with E-state index in [4.69, 9.17) is 0 Å². The van der Waals surface area contributed by atoms with Crippen LogP contribution in [-0.2, 0) is 4.79 Å². The van der Waals surface area contributed by atoms with Crippen molar-refractivity contribution >= 4 is 36.4 Å². The molecule has 0 bridgehead atoms. The highest BCUT2D eigenvalue weighted by molar-refractivity contribution is 5.92. The molecule has 1 fully saturated rings. The van der Waals surface area contributed by atoms with Gasteiger partial charge in [-0.25, -0.2) is 0 Å². The van der Waals surface area contributed by atoms with Crippen molar-refractivity contribution in [3.05, 3.63) is 24.5 Å². The Hall–Kier alpha value is -0.840. The molecular weight excluding hydrogens is 261 g/mol. The number of hydrogen-bond acceptors (Lipinski definition) is 3. The predicted octanol–water partition coefficient (Wildman–Crippen LogP) is 1.72. The Morgan fingerprint density at radius 1 is 1.41 bits per heavy atom. The van der Waals surface area contributed by atoms with Crippen molar-refractivity contribution in [2.75, 3.05) is 18.4 Å². The number of rotatable bonds is 3. The molecule has 1 saturated heterocycles. The number of carbonyl (C=O) groups excluding carboxylic acids is 1. The molecule has 1 unspecified atom stereocenters. The van der Waals surface area contributed by atoms with Crippen molar-refractivity contribution in [3.63, 3.8) is 0 Å². The average Bonchev–Trinajstić information content (AvgIpc) is 2.16. The highest BCUT2D eigenvalue weighted by atomic mass is 35.5. The number of nitrogens with one attached hydrogen (secondary N) is 2. The lowest BCUT2D eigenvalue weighted by Crippen LogP contribution is -2.48. The predicted molar refractivity (Wildman–Crippen MR) is 72.9 cm³/mol. The normalized spacial score (nSPS) is 15.8. The molecule has 6 heteroatoms. The number of carbonyl (C=O) groups is 1. The summed E-state index contributed by atoms with van der Waals surface area (Å²) in [4.78, 5) is 15.7. The van der Waals surface area contributed by atoms with E-state index in [1.165, 1.54) is 0 Å². The van der Waals surface area contributed by atoms with Crippen LogP contribution in [0.2, 0.25) is 0 Å². The Bertz CT molecular complexity index is 344. The van der Waals surface area contributed by atoms with E-state index in [9.17, 15) is 4.79 Å². The van der Waals surface area contributed by atoms with Crippen molar-refractivity contribution in [3.8, 4) is 0 Å². The molecule has 2 heterocycles. The van der Waals surface area contributed by atoms with Crippen molar-refractivity contribution in [2.24, 2.45) is 11.8 Å². The topological polar surface area (TPSA) is 54.0 Å². The van der Waals surface area contributed by atoms with Gasteiger partial charge in [0.2, 0.25) is 5.91 Å². The van der Waals surface area contributed by atoms with Crippen LogP contribution in [0.4, 0.5) is 5.69 Å². The summed E-state index contributed by atoms with van der Waals surface area (Å²) in [5.74, 6) is 0.638. The molecule has 0 aromatic carbocycles. The molecule has 17 heavy (non-hydrogen) atoms. The molecule has 0 aliphatic carbocycles. The minimum Gasteiger partial charge on any atom is -0.326 e. The number of hydrogen-bond donors (Lipinski definition) is 2. The van der Waals surface area contributed by atoms with Gasteiger partial charge >= 0.3 is 0 Å². The third-order valence-corrected chi connectivity index (χ3v) is 2.88. The van der Waals surface area contributed by atoms with Crippen molar-refractivity contribution in [1.82, 2.24) is 10.3 Å². The molecule has 2 rings (SSSR count). The lowest BCUT2D eigenvalue weighted by atomic mass is 9.88. The van der Waals surface area contributed by atoms with E-state index in [0.717, 1.165) is 18.8 Å². The van der Waals surface area contributed by atoms with Crippen LogP contribution in [0.25, 0.3) is 0 Å². The molecule has 2 N–H and O–H groups in total. The molecule has 1 aromatic heterocycles. The second-order valence-corrected chi connectivity index (χ2v) is 3.93. The maximum Gasteiger partial charge on any atom is 0.227 e. The summed E-state index contributed by atoms with van der Waals surface area (Å²) < 4.78 is 0. The quantitative estimate of drug-likeness (QED) is 0.885. The minimum atomic E-state index is 0. The zero-order valence-electron chi connectivity index (χ0n) is 9.55. The molecule has 1 amide bonds. The maximum atomic E-state index is 11.8. The van der Waals surface area contributed by atoms with E-state index in [1.807, 2.05) is 6.92 Å². The smallest absolute Gasteiger partial charge is 0.227 e. The minimum absolute atomic E-state index is 0. The van der Waals surface area contributed by atoms with Crippen LogP contribution in [0.15, 0.2) is 24.5 Å². The van der Waals surface area contributed by atoms with Crippen LogP contribution >= 0.6 is 24.8 Å². The highest BCUT2D eigenvalue weighted by Crippen LogP contribution is 2.17. The lowest BCUT2D eigenvalue weighted by molar-refractivity contribution is -0.121. The first kappa shape index (κ1) is 16.2. The Morgan fingerprint density at radius 2 is 2.00 bits per heavy atom. The largest absolute Gasteiger partial charge is 0.326 e. The van der Waals surface area contributed by atoms with Crippen LogP contribution < -0.4 is 10.6 Å². The Balaban J connectivity index is 0.00000128. The number of pyridine rings is 1. The lowest BCUT2D eigenvalue weighted by Gasteiger charge is -2.31. The van der Waals surface area contributed by atoms with Gasteiger partial charge in [-0.1, -0.05) is 6.92 Å². The summed E-state index contributed by atoms with van der Waals surface area (Å²) in [5, 5.41) is 6.05. The van der Waals surface area contributed by atoms with Crippen LogP contribution in [0.3, 0.4) is 0 Å². The van der Waals surface area contributed by atoms with Gasteiger partial charge in [-0.15, -0.1) is 24.8 Å². The Morgan fingerprint density at radius 3 is 2.47 bits per heavy atom. The van der Waals surface area contributed by atoms with Gasteiger partial charge < -0.3 is 10.6 Å². The fourth-order valence-electron chi connectivity index (χ4n) is 1.57. The van der Waals surface area contributed by atoms with Crippen molar-refractivity contribution < 1.29 is 4.79 Å². The van der Waals surface area contributed by atoms with Crippen molar-refractivity contribution in [2.45, 2.75) is 6.92 Å². The van der Waals surface area contributed by atoms with E-state index in [0.29, 0.717) is 5.92 Å². The van der Waals surface area contributed by atoms with Crippen LogP contribution in [0.1, 0.15) is 6.92 Å². The van der Waals surface area contributed by atoms with Gasteiger partial charge in [0.15, 0.2) is 0 Å². The van der Waals surface area contributed by atoms with E-state index >= 15 is 0 Å². The third kappa shape index (κ3) is 4.15. The summed E-state index contributed by atoms with van der Waals surface area (Å²) in [5.41, 5.74) is 0.814. The SMILES string of the molecule is CC(C(=O)Nc1ccncc1)C1CNC1.Cl.Cl. The number of anilines is 1. The molecule has 96 valence electrons.